The van der Waals surface area contributed by atoms with Crippen LogP contribution in [-0.2, 0) is 4.79 Å². The lowest BCUT2D eigenvalue weighted by atomic mass is 10.1. The second kappa shape index (κ2) is 7.62. The summed E-state index contributed by atoms with van der Waals surface area (Å²) < 4.78 is 4.80. The number of carbonyl (C=O) groups is 2. The molecule has 0 aliphatic rings. The predicted octanol–water partition coefficient (Wildman–Crippen LogP) is 1.13. The Labute approximate surface area is 99.8 Å². The number of unbranched alkanes of at least 4 members (excludes halogenated alkanes) is 2. The van der Waals surface area contributed by atoms with Gasteiger partial charge < -0.3 is 14.8 Å². The molecule has 0 fully saturated rings. The highest BCUT2D eigenvalue weighted by atomic mass is 16.3. The molecule has 0 saturated carbocycles. The van der Waals surface area contributed by atoms with Gasteiger partial charge in [-0.2, -0.15) is 0 Å². The number of aliphatic hydroxyl groups is 1. The van der Waals surface area contributed by atoms with Crippen LogP contribution in [0.3, 0.4) is 0 Å². The minimum atomic E-state index is -0.378. The number of aliphatic hydroxyl groups excluding tert-OH is 1. The van der Waals surface area contributed by atoms with E-state index in [0.717, 1.165) is 19.3 Å². The van der Waals surface area contributed by atoms with Gasteiger partial charge in [0.1, 0.15) is 12.9 Å². The number of nitrogens with one attached hydrogen (secondary N) is 1. The summed E-state index contributed by atoms with van der Waals surface area (Å²) >= 11 is 0. The Balaban J connectivity index is 2.01. The fraction of sp³-hybridized carbons (Fsp3) is 0.500. The molecule has 0 bridgehead atoms. The average Bonchev–Trinajstić information content (AvgIpc) is 2.86. The first-order valence-electron chi connectivity index (χ1n) is 5.67. The molecule has 0 radical (unpaired) electrons. The third-order valence-electron chi connectivity index (χ3n) is 2.38. The normalized spacial score (nSPS) is 10.2. The SMILES string of the molecule is O=C(CO)CCCCCNC(=O)c1ccoc1. The molecule has 1 heterocycles. The Morgan fingerprint density at radius 1 is 1.29 bits per heavy atom. The van der Waals surface area contributed by atoms with Crippen molar-refractivity contribution in [3.63, 3.8) is 0 Å². The van der Waals surface area contributed by atoms with Gasteiger partial charge in [-0.3, -0.25) is 9.59 Å². The van der Waals surface area contributed by atoms with E-state index in [9.17, 15) is 9.59 Å². The molecule has 5 nitrogen and oxygen atoms in total. The molecule has 0 aliphatic heterocycles. The second-order valence-electron chi connectivity index (χ2n) is 3.78. The number of ketones is 1. The molecule has 17 heavy (non-hydrogen) atoms. The molecule has 0 aliphatic carbocycles. The maximum absolute atomic E-state index is 11.4. The molecular weight excluding hydrogens is 222 g/mol. The van der Waals surface area contributed by atoms with E-state index >= 15 is 0 Å². The van der Waals surface area contributed by atoms with E-state index in [1.54, 1.807) is 6.07 Å². The van der Waals surface area contributed by atoms with Crippen LogP contribution in [-0.4, -0.2) is 29.9 Å². The molecule has 0 spiro atoms. The topological polar surface area (TPSA) is 79.5 Å². The van der Waals surface area contributed by atoms with Crippen molar-refractivity contribution in [1.29, 1.82) is 0 Å². The van der Waals surface area contributed by atoms with Crippen LogP contribution in [0.15, 0.2) is 23.0 Å². The molecule has 94 valence electrons. The van der Waals surface area contributed by atoms with Crippen LogP contribution in [0.1, 0.15) is 36.0 Å². The van der Waals surface area contributed by atoms with Gasteiger partial charge in [-0.05, 0) is 18.9 Å². The lowest BCUT2D eigenvalue weighted by molar-refractivity contribution is -0.121. The third-order valence-corrected chi connectivity index (χ3v) is 2.38. The fourth-order valence-corrected chi connectivity index (χ4v) is 1.40. The summed E-state index contributed by atoms with van der Waals surface area (Å²) in [4.78, 5) is 22.2. The lowest BCUT2D eigenvalue weighted by Gasteiger charge is -2.03. The number of Topliss-reactive ketones (excluding diaryl/α,β-unsaturated/α-hetero) is 1. The maximum Gasteiger partial charge on any atom is 0.254 e. The molecule has 2 N–H and O–H groups in total. The van der Waals surface area contributed by atoms with Crippen LogP contribution < -0.4 is 5.32 Å². The molecule has 0 unspecified atom stereocenters. The van der Waals surface area contributed by atoms with Gasteiger partial charge in [0.15, 0.2) is 5.78 Å². The maximum atomic E-state index is 11.4. The minimum Gasteiger partial charge on any atom is -0.472 e. The number of hydrogen-bond acceptors (Lipinski definition) is 4. The van der Waals surface area contributed by atoms with Crippen molar-refractivity contribution in [3.05, 3.63) is 24.2 Å². The van der Waals surface area contributed by atoms with Crippen molar-refractivity contribution in [2.75, 3.05) is 13.2 Å². The largest absolute Gasteiger partial charge is 0.472 e. The summed E-state index contributed by atoms with van der Waals surface area (Å²) in [5.41, 5.74) is 0.514. The quantitative estimate of drug-likeness (QED) is 0.666. The Kier molecular flexibility index (Phi) is 6.03. The van der Waals surface area contributed by atoms with E-state index < -0.39 is 0 Å². The number of rotatable bonds is 8. The van der Waals surface area contributed by atoms with Gasteiger partial charge in [-0.15, -0.1) is 0 Å². The Bertz CT molecular complexity index is 345. The van der Waals surface area contributed by atoms with Crippen LogP contribution in [0, 0.1) is 0 Å². The van der Waals surface area contributed by atoms with E-state index in [1.807, 2.05) is 0 Å². The van der Waals surface area contributed by atoms with Crippen molar-refractivity contribution in [1.82, 2.24) is 5.32 Å². The molecular formula is C12H17NO4. The summed E-state index contributed by atoms with van der Waals surface area (Å²) in [5.74, 6) is -0.280. The standard InChI is InChI=1S/C12H17NO4/c14-8-11(15)4-2-1-3-6-13-12(16)10-5-7-17-9-10/h5,7,9,14H,1-4,6,8H2,(H,13,16). The Morgan fingerprint density at radius 3 is 2.76 bits per heavy atom. The molecule has 1 aromatic heterocycles. The first-order valence-corrected chi connectivity index (χ1v) is 5.67. The van der Waals surface area contributed by atoms with Gasteiger partial charge in [0.25, 0.3) is 5.91 Å². The number of carbonyl (C=O) groups excluding carboxylic acids is 2. The number of hydrogen-bond donors (Lipinski definition) is 2. The zero-order valence-electron chi connectivity index (χ0n) is 9.65. The zero-order chi connectivity index (χ0) is 12.5. The summed E-state index contributed by atoms with van der Waals surface area (Å²) in [7, 11) is 0. The zero-order valence-corrected chi connectivity index (χ0v) is 9.65. The first kappa shape index (κ1) is 13.4. The van der Waals surface area contributed by atoms with Crippen LogP contribution in [0.5, 0.6) is 0 Å². The van der Waals surface area contributed by atoms with Crippen molar-refractivity contribution < 1.29 is 19.1 Å². The summed E-state index contributed by atoms with van der Waals surface area (Å²) in [5, 5.41) is 11.3. The fourth-order valence-electron chi connectivity index (χ4n) is 1.40. The Hall–Kier alpha value is -1.62. The summed E-state index contributed by atoms with van der Waals surface area (Å²) in [6, 6.07) is 1.61. The molecule has 1 amide bonds. The molecule has 0 atom stereocenters. The van der Waals surface area contributed by atoms with Gasteiger partial charge >= 0.3 is 0 Å². The van der Waals surface area contributed by atoms with Gasteiger partial charge in [-0.25, -0.2) is 0 Å². The average molecular weight is 239 g/mol. The Morgan fingerprint density at radius 2 is 2.12 bits per heavy atom. The second-order valence-corrected chi connectivity index (χ2v) is 3.78. The van der Waals surface area contributed by atoms with E-state index in [1.165, 1.54) is 12.5 Å². The molecule has 1 rings (SSSR count). The van der Waals surface area contributed by atoms with Gasteiger partial charge in [-0.1, -0.05) is 6.42 Å². The number of furan rings is 1. The van der Waals surface area contributed by atoms with Gasteiger partial charge in [0.2, 0.25) is 0 Å². The summed E-state index contributed by atoms with van der Waals surface area (Å²) in [6.45, 7) is 0.203. The van der Waals surface area contributed by atoms with E-state index in [4.69, 9.17) is 9.52 Å². The lowest BCUT2D eigenvalue weighted by Crippen LogP contribution is -2.23. The monoisotopic (exact) mass is 239 g/mol. The van der Waals surface area contributed by atoms with Crippen molar-refractivity contribution in [3.8, 4) is 0 Å². The van der Waals surface area contributed by atoms with Crippen LogP contribution in [0.2, 0.25) is 0 Å². The van der Waals surface area contributed by atoms with Crippen molar-refractivity contribution in [2.24, 2.45) is 0 Å². The highest BCUT2D eigenvalue weighted by Gasteiger charge is 2.05. The molecule has 0 saturated heterocycles. The highest BCUT2D eigenvalue weighted by Crippen LogP contribution is 2.01. The van der Waals surface area contributed by atoms with Gasteiger partial charge in [0, 0.05) is 13.0 Å². The van der Waals surface area contributed by atoms with E-state index in [0.29, 0.717) is 18.5 Å². The smallest absolute Gasteiger partial charge is 0.254 e. The third kappa shape index (κ3) is 5.31. The first-order chi connectivity index (χ1) is 8.24. The highest BCUT2D eigenvalue weighted by molar-refractivity contribution is 5.93. The number of amides is 1. The van der Waals surface area contributed by atoms with E-state index in [2.05, 4.69) is 5.32 Å². The van der Waals surface area contributed by atoms with Gasteiger partial charge in [0.05, 0.1) is 11.8 Å². The minimum absolute atomic E-state index is 0.132. The van der Waals surface area contributed by atoms with Crippen LogP contribution >= 0.6 is 0 Å². The van der Waals surface area contributed by atoms with Crippen molar-refractivity contribution in [2.45, 2.75) is 25.7 Å². The molecule has 0 aromatic carbocycles. The van der Waals surface area contributed by atoms with Crippen LogP contribution in [0.4, 0.5) is 0 Å². The molecule has 1 aromatic rings. The summed E-state index contributed by atoms with van der Waals surface area (Å²) in [6.07, 6.45) is 5.69. The predicted molar refractivity (Wildman–Crippen MR) is 61.6 cm³/mol. The van der Waals surface area contributed by atoms with E-state index in [-0.39, 0.29) is 18.3 Å². The molecule has 5 heteroatoms. The van der Waals surface area contributed by atoms with Crippen LogP contribution in [0.25, 0.3) is 0 Å². The van der Waals surface area contributed by atoms with Crippen molar-refractivity contribution >= 4 is 11.7 Å².